The van der Waals surface area contributed by atoms with Gasteiger partial charge in [0.25, 0.3) is 0 Å². The second kappa shape index (κ2) is 4.51. The van der Waals surface area contributed by atoms with E-state index in [-0.39, 0.29) is 0 Å². The molecule has 0 aliphatic rings. The van der Waals surface area contributed by atoms with E-state index in [1.807, 2.05) is 0 Å². The van der Waals surface area contributed by atoms with Gasteiger partial charge >= 0.3 is 11.9 Å². The molecule has 88 valence electrons. The van der Waals surface area contributed by atoms with Gasteiger partial charge in [-0.05, 0) is 0 Å². The molecule has 0 saturated carbocycles. The van der Waals surface area contributed by atoms with Gasteiger partial charge in [-0.3, -0.25) is 5.73 Å². The average molecular weight is 225 g/mol. The van der Waals surface area contributed by atoms with Crippen molar-refractivity contribution in [1.82, 2.24) is 0 Å². The van der Waals surface area contributed by atoms with E-state index in [1.54, 1.807) is 0 Å². The van der Waals surface area contributed by atoms with Crippen molar-refractivity contribution >= 4 is 11.9 Å². The summed E-state index contributed by atoms with van der Waals surface area (Å²) in [5.74, 6) is -3.98. The summed E-state index contributed by atoms with van der Waals surface area (Å²) in [4.78, 5) is 20.4. The molecule has 0 radical (unpaired) electrons. The van der Waals surface area contributed by atoms with Crippen LogP contribution >= 0.6 is 0 Å². The van der Waals surface area contributed by atoms with Crippen molar-refractivity contribution in [3.8, 4) is 0 Å². The Hall–Kier alpha value is -1.26. The third-order valence-electron chi connectivity index (χ3n) is 1.69. The molecule has 4 atom stereocenters. The summed E-state index contributed by atoms with van der Waals surface area (Å²) in [5.41, 5.74) is 1.43. The van der Waals surface area contributed by atoms with E-state index in [0.717, 1.165) is 0 Å². The summed E-state index contributed by atoms with van der Waals surface area (Å²) >= 11 is 0. The minimum absolute atomic E-state index is 1.90. The van der Waals surface area contributed by atoms with Crippen LogP contribution in [0.25, 0.3) is 0 Å². The summed E-state index contributed by atoms with van der Waals surface area (Å²) in [6, 6.07) is 0. The summed E-state index contributed by atoms with van der Waals surface area (Å²) in [7, 11) is 0. The Morgan fingerprint density at radius 3 is 1.80 bits per heavy atom. The second-order valence-corrected chi connectivity index (χ2v) is 2.85. The molecule has 0 rings (SSSR count). The predicted molar refractivity (Wildman–Crippen MR) is 42.4 cm³/mol. The normalized spacial score (nSPS) is 21.1. The first-order valence-electron chi connectivity index (χ1n) is 3.64. The molecule has 0 saturated heterocycles. The van der Waals surface area contributed by atoms with E-state index in [9.17, 15) is 9.59 Å². The molecular weight excluding hydrogens is 214 g/mol. The zero-order chi connectivity index (χ0) is 12.4. The number of rotatable bonds is 5. The molecule has 0 aromatic carbocycles. The molecule has 9 heteroatoms. The zero-order valence-electron chi connectivity index (χ0n) is 7.31. The van der Waals surface area contributed by atoms with Crippen molar-refractivity contribution in [2.45, 2.75) is 24.0 Å². The van der Waals surface area contributed by atoms with E-state index in [2.05, 4.69) is 5.73 Å². The maximum atomic E-state index is 10.3. The van der Waals surface area contributed by atoms with E-state index >= 15 is 0 Å². The first-order chi connectivity index (χ1) is 6.62. The SMILES string of the molecule is N[C@](O)(C(=O)O)C(O)C(O)C(O)C(=O)O. The lowest BCUT2D eigenvalue weighted by atomic mass is 9.98. The first kappa shape index (κ1) is 13.7. The van der Waals surface area contributed by atoms with Crippen molar-refractivity contribution in [2.75, 3.05) is 0 Å². The van der Waals surface area contributed by atoms with E-state index < -0.39 is 36.0 Å². The fraction of sp³-hybridized carbons (Fsp3) is 0.667. The van der Waals surface area contributed by atoms with Crippen LogP contribution in [0.1, 0.15) is 0 Å². The van der Waals surface area contributed by atoms with E-state index in [1.165, 1.54) is 0 Å². The van der Waals surface area contributed by atoms with Crippen molar-refractivity contribution in [3.05, 3.63) is 0 Å². The van der Waals surface area contributed by atoms with Crippen molar-refractivity contribution in [2.24, 2.45) is 5.73 Å². The van der Waals surface area contributed by atoms with Gasteiger partial charge in [-0.1, -0.05) is 0 Å². The molecule has 8 N–H and O–H groups in total. The second-order valence-electron chi connectivity index (χ2n) is 2.85. The maximum absolute atomic E-state index is 10.3. The molecule has 0 aromatic rings. The maximum Gasteiger partial charge on any atom is 0.353 e. The molecule has 0 heterocycles. The number of carboxylic acid groups (broad SMARTS) is 2. The van der Waals surface area contributed by atoms with Crippen LogP contribution in [0.5, 0.6) is 0 Å². The van der Waals surface area contributed by atoms with Crippen LogP contribution in [0.2, 0.25) is 0 Å². The number of aliphatic hydroxyl groups excluding tert-OH is 3. The van der Waals surface area contributed by atoms with Gasteiger partial charge in [0, 0.05) is 0 Å². The average Bonchev–Trinajstić information content (AvgIpc) is 2.13. The molecule has 0 aliphatic carbocycles. The molecule has 0 bridgehead atoms. The molecule has 0 amide bonds. The zero-order valence-corrected chi connectivity index (χ0v) is 7.31. The van der Waals surface area contributed by atoms with Gasteiger partial charge in [-0.15, -0.1) is 0 Å². The molecule has 0 spiro atoms. The standard InChI is InChI=1S/C6H11NO8/c7-6(15,5(13)14)3(10)1(8)2(9)4(11)12/h1-3,8-10,15H,7H2,(H,11,12)(H,13,14)/t1?,2?,3?,6-/m1/s1. The van der Waals surface area contributed by atoms with E-state index in [4.69, 9.17) is 30.6 Å². The highest BCUT2D eigenvalue weighted by Gasteiger charge is 2.47. The minimum Gasteiger partial charge on any atom is -0.479 e. The number of aliphatic hydroxyl groups is 4. The van der Waals surface area contributed by atoms with Gasteiger partial charge in [0.05, 0.1) is 0 Å². The number of hydrogen-bond donors (Lipinski definition) is 7. The van der Waals surface area contributed by atoms with Crippen LogP contribution in [-0.2, 0) is 9.59 Å². The Morgan fingerprint density at radius 1 is 1.13 bits per heavy atom. The highest BCUT2D eigenvalue weighted by atomic mass is 16.4. The Morgan fingerprint density at radius 2 is 1.53 bits per heavy atom. The van der Waals surface area contributed by atoms with Crippen LogP contribution in [0.15, 0.2) is 0 Å². The van der Waals surface area contributed by atoms with Crippen molar-refractivity contribution < 1.29 is 40.2 Å². The molecule has 0 aromatic heterocycles. The topological polar surface area (TPSA) is 182 Å². The quantitative estimate of drug-likeness (QED) is 0.228. The van der Waals surface area contributed by atoms with E-state index in [0.29, 0.717) is 0 Å². The van der Waals surface area contributed by atoms with Crippen LogP contribution in [0.4, 0.5) is 0 Å². The predicted octanol–water partition coefficient (Wildman–Crippen LogP) is -4.11. The van der Waals surface area contributed by atoms with Crippen LogP contribution < -0.4 is 5.73 Å². The van der Waals surface area contributed by atoms with Crippen molar-refractivity contribution in [3.63, 3.8) is 0 Å². The first-order valence-corrected chi connectivity index (χ1v) is 3.64. The summed E-state index contributed by atoms with van der Waals surface area (Å²) in [6.07, 6.45) is -7.45. The molecule has 0 fully saturated rings. The smallest absolute Gasteiger partial charge is 0.353 e. The molecule has 9 nitrogen and oxygen atoms in total. The summed E-state index contributed by atoms with van der Waals surface area (Å²) < 4.78 is 0. The third kappa shape index (κ3) is 2.84. The van der Waals surface area contributed by atoms with Crippen LogP contribution in [0, 0.1) is 0 Å². The van der Waals surface area contributed by atoms with Gasteiger partial charge < -0.3 is 30.6 Å². The van der Waals surface area contributed by atoms with Gasteiger partial charge in [0.1, 0.15) is 12.2 Å². The molecule has 3 unspecified atom stereocenters. The van der Waals surface area contributed by atoms with Crippen LogP contribution in [-0.4, -0.2) is 66.6 Å². The number of carboxylic acids is 2. The Balaban J connectivity index is 4.78. The molecule has 15 heavy (non-hydrogen) atoms. The molecular formula is C6H11NO8. The van der Waals surface area contributed by atoms with Gasteiger partial charge in [0.2, 0.25) is 5.72 Å². The number of aliphatic carboxylic acids is 2. The van der Waals surface area contributed by atoms with Crippen molar-refractivity contribution in [1.29, 1.82) is 0 Å². The fourth-order valence-electron chi connectivity index (χ4n) is 0.706. The number of carbonyl (C=O) groups is 2. The highest BCUT2D eigenvalue weighted by Crippen LogP contribution is 2.11. The van der Waals surface area contributed by atoms with Gasteiger partial charge in [0.15, 0.2) is 6.10 Å². The Labute approximate surface area is 83.0 Å². The summed E-state index contributed by atoms with van der Waals surface area (Å²) in [6.45, 7) is 0. The van der Waals surface area contributed by atoms with Crippen LogP contribution in [0.3, 0.4) is 0 Å². The fourth-order valence-corrected chi connectivity index (χ4v) is 0.706. The highest BCUT2D eigenvalue weighted by molar-refractivity contribution is 5.78. The monoisotopic (exact) mass is 225 g/mol. The summed E-state index contributed by atoms with van der Waals surface area (Å²) in [5, 5.41) is 52.2. The number of nitrogens with two attached hydrogens (primary N) is 1. The largest absolute Gasteiger partial charge is 0.479 e. The third-order valence-corrected chi connectivity index (χ3v) is 1.69. The number of hydrogen-bond acceptors (Lipinski definition) is 7. The molecule has 0 aliphatic heterocycles. The lowest BCUT2D eigenvalue weighted by Crippen LogP contribution is -2.63. The Bertz CT molecular complexity index is 264. The van der Waals surface area contributed by atoms with Gasteiger partial charge in [-0.2, -0.15) is 0 Å². The lowest BCUT2D eigenvalue weighted by Gasteiger charge is -2.29. The lowest BCUT2D eigenvalue weighted by molar-refractivity contribution is -0.192. The Kier molecular flexibility index (Phi) is 4.13. The minimum atomic E-state index is -3.25. The van der Waals surface area contributed by atoms with Gasteiger partial charge in [-0.25, -0.2) is 9.59 Å².